The standard InChI is InChI=1S/C12H18N2O4/c1-3-16-9-5-10(17-4-2)7-11(6-9)18-8-12(13)14-15/h5-7,15H,3-4,8H2,1-2H3,(H2,13,14). The van der Waals surface area contributed by atoms with Crippen molar-refractivity contribution in [2.24, 2.45) is 10.9 Å². The predicted octanol–water partition coefficient (Wildman–Crippen LogP) is 1.61. The van der Waals surface area contributed by atoms with E-state index >= 15 is 0 Å². The Labute approximate surface area is 106 Å². The maximum absolute atomic E-state index is 8.42. The highest BCUT2D eigenvalue weighted by Crippen LogP contribution is 2.27. The van der Waals surface area contributed by atoms with E-state index in [4.69, 9.17) is 25.2 Å². The molecule has 0 saturated heterocycles. The summed E-state index contributed by atoms with van der Waals surface area (Å²) in [5.41, 5.74) is 5.33. The molecule has 6 heteroatoms. The second kappa shape index (κ2) is 7.26. The molecule has 18 heavy (non-hydrogen) atoms. The van der Waals surface area contributed by atoms with Crippen molar-refractivity contribution in [1.82, 2.24) is 0 Å². The van der Waals surface area contributed by atoms with Gasteiger partial charge in [0.15, 0.2) is 5.84 Å². The second-order valence-corrected chi connectivity index (χ2v) is 3.39. The first-order chi connectivity index (χ1) is 8.69. The SMILES string of the molecule is CCOc1cc(OCC)cc(OC/C(N)=N\O)c1. The molecular formula is C12H18N2O4. The van der Waals surface area contributed by atoms with E-state index in [-0.39, 0.29) is 12.4 Å². The average Bonchev–Trinajstić information content (AvgIpc) is 2.36. The van der Waals surface area contributed by atoms with Crippen molar-refractivity contribution in [3.05, 3.63) is 18.2 Å². The predicted molar refractivity (Wildman–Crippen MR) is 67.7 cm³/mol. The molecule has 0 aliphatic carbocycles. The van der Waals surface area contributed by atoms with Crippen LogP contribution in [0.4, 0.5) is 0 Å². The van der Waals surface area contributed by atoms with Gasteiger partial charge >= 0.3 is 0 Å². The second-order valence-electron chi connectivity index (χ2n) is 3.39. The first kappa shape index (κ1) is 14.0. The third kappa shape index (κ3) is 4.40. The fourth-order valence-corrected chi connectivity index (χ4v) is 1.32. The Bertz CT molecular complexity index is 383. The molecular weight excluding hydrogens is 236 g/mol. The van der Waals surface area contributed by atoms with Gasteiger partial charge in [0.05, 0.1) is 13.2 Å². The molecule has 0 atom stereocenters. The maximum Gasteiger partial charge on any atom is 0.177 e. The maximum atomic E-state index is 8.42. The van der Waals surface area contributed by atoms with Gasteiger partial charge in [0.2, 0.25) is 0 Å². The lowest BCUT2D eigenvalue weighted by Crippen LogP contribution is -2.20. The molecule has 0 saturated carbocycles. The van der Waals surface area contributed by atoms with Crippen molar-refractivity contribution < 1.29 is 19.4 Å². The molecule has 0 aliphatic rings. The monoisotopic (exact) mass is 254 g/mol. The zero-order valence-electron chi connectivity index (χ0n) is 10.5. The molecule has 0 unspecified atom stereocenters. The molecule has 0 spiro atoms. The van der Waals surface area contributed by atoms with Crippen LogP contribution in [0.3, 0.4) is 0 Å². The number of ether oxygens (including phenoxy) is 3. The molecule has 1 aromatic carbocycles. The summed E-state index contributed by atoms with van der Waals surface area (Å²) in [5, 5.41) is 11.3. The van der Waals surface area contributed by atoms with Gasteiger partial charge in [-0.15, -0.1) is 0 Å². The van der Waals surface area contributed by atoms with Gasteiger partial charge < -0.3 is 25.2 Å². The summed E-state index contributed by atoms with van der Waals surface area (Å²) in [5.74, 6) is 1.83. The fraction of sp³-hybridized carbons (Fsp3) is 0.417. The van der Waals surface area contributed by atoms with Gasteiger partial charge in [-0.2, -0.15) is 0 Å². The Hall–Kier alpha value is -2.11. The van der Waals surface area contributed by atoms with E-state index in [0.717, 1.165) is 0 Å². The summed E-state index contributed by atoms with van der Waals surface area (Å²) in [4.78, 5) is 0. The first-order valence-electron chi connectivity index (χ1n) is 5.69. The van der Waals surface area contributed by atoms with E-state index in [1.807, 2.05) is 13.8 Å². The molecule has 0 radical (unpaired) electrons. The van der Waals surface area contributed by atoms with Gasteiger partial charge in [0.25, 0.3) is 0 Å². The van der Waals surface area contributed by atoms with Crippen LogP contribution in [0.5, 0.6) is 17.2 Å². The van der Waals surface area contributed by atoms with Crippen LogP contribution in [0.1, 0.15) is 13.8 Å². The summed E-state index contributed by atoms with van der Waals surface area (Å²) >= 11 is 0. The van der Waals surface area contributed by atoms with Gasteiger partial charge in [-0.25, -0.2) is 0 Å². The Morgan fingerprint density at radius 3 is 1.89 bits per heavy atom. The minimum atomic E-state index is -0.00484. The van der Waals surface area contributed by atoms with Crippen LogP contribution in [0, 0.1) is 0 Å². The van der Waals surface area contributed by atoms with E-state index in [1.165, 1.54) is 0 Å². The third-order valence-corrected chi connectivity index (χ3v) is 1.99. The zero-order valence-corrected chi connectivity index (χ0v) is 10.5. The van der Waals surface area contributed by atoms with Gasteiger partial charge in [-0.05, 0) is 13.8 Å². The minimum absolute atomic E-state index is 0.00234. The molecule has 6 nitrogen and oxygen atoms in total. The Balaban J connectivity index is 2.81. The molecule has 1 rings (SSSR count). The average molecular weight is 254 g/mol. The van der Waals surface area contributed by atoms with Crippen LogP contribution in [0.25, 0.3) is 0 Å². The highest BCUT2D eigenvalue weighted by Gasteiger charge is 2.04. The largest absolute Gasteiger partial charge is 0.494 e. The number of hydrogen-bond acceptors (Lipinski definition) is 5. The summed E-state index contributed by atoms with van der Waals surface area (Å²) in [7, 11) is 0. The smallest absolute Gasteiger partial charge is 0.177 e. The van der Waals surface area contributed by atoms with E-state index < -0.39 is 0 Å². The molecule has 1 aromatic rings. The molecule has 0 heterocycles. The Morgan fingerprint density at radius 1 is 1.06 bits per heavy atom. The van der Waals surface area contributed by atoms with Crippen LogP contribution < -0.4 is 19.9 Å². The van der Waals surface area contributed by atoms with Crippen molar-refractivity contribution in [2.45, 2.75) is 13.8 Å². The van der Waals surface area contributed by atoms with Crippen LogP contribution >= 0.6 is 0 Å². The Morgan fingerprint density at radius 2 is 1.50 bits per heavy atom. The molecule has 0 aliphatic heterocycles. The number of benzene rings is 1. The number of amidine groups is 1. The van der Waals surface area contributed by atoms with E-state index in [2.05, 4.69) is 5.16 Å². The first-order valence-corrected chi connectivity index (χ1v) is 5.69. The number of oxime groups is 1. The summed E-state index contributed by atoms with van der Waals surface area (Å²) in [6.45, 7) is 4.89. The topological polar surface area (TPSA) is 86.3 Å². The van der Waals surface area contributed by atoms with E-state index in [0.29, 0.717) is 30.5 Å². The molecule has 0 bridgehead atoms. The van der Waals surface area contributed by atoms with Crippen LogP contribution in [-0.2, 0) is 0 Å². The fourth-order valence-electron chi connectivity index (χ4n) is 1.32. The van der Waals surface area contributed by atoms with Crippen molar-refractivity contribution in [3.8, 4) is 17.2 Å². The minimum Gasteiger partial charge on any atom is -0.494 e. The highest BCUT2D eigenvalue weighted by molar-refractivity contribution is 5.81. The van der Waals surface area contributed by atoms with Crippen molar-refractivity contribution >= 4 is 5.84 Å². The summed E-state index contributed by atoms with van der Waals surface area (Å²) < 4.78 is 16.1. The molecule has 3 N–H and O–H groups in total. The van der Waals surface area contributed by atoms with Crippen molar-refractivity contribution in [2.75, 3.05) is 19.8 Å². The lowest BCUT2D eigenvalue weighted by Gasteiger charge is -2.11. The molecule has 0 aromatic heterocycles. The zero-order chi connectivity index (χ0) is 13.4. The third-order valence-electron chi connectivity index (χ3n) is 1.99. The van der Waals surface area contributed by atoms with Crippen LogP contribution in [0.15, 0.2) is 23.4 Å². The summed E-state index contributed by atoms with van der Waals surface area (Å²) in [6, 6.07) is 5.22. The number of rotatable bonds is 7. The Kier molecular flexibility index (Phi) is 5.63. The van der Waals surface area contributed by atoms with E-state index in [9.17, 15) is 0 Å². The molecule has 100 valence electrons. The molecule has 0 fully saturated rings. The quantitative estimate of drug-likeness (QED) is 0.334. The lowest BCUT2D eigenvalue weighted by atomic mass is 10.3. The van der Waals surface area contributed by atoms with Crippen molar-refractivity contribution in [3.63, 3.8) is 0 Å². The lowest BCUT2D eigenvalue weighted by molar-refractivity contribution is 0.301. The molecule has 0 amide bonds. The van der Waals surface area contributed by atoms with Crippen molar-refractivity contribution in [1.29, 1.82) is 0 Å². The van der Waals surface area contributed by atoms with Crippen LogP contribution in [0.2, 0.25) is 0 Å². The van der Waals surface area contributed by atoms with E-state index in [1.54, 1.807) is 18.2 Å². The van der Waals surface area contributed by atoms with Gasteiger partial charge in [-0.3, -0.25) is 0 Å². The number of hydrogen-bond donors (Lipinski definition) is 2. The summed E-state index contributed by atoms with van der Waals surface area (Å²) in [6.07, 6.45) is 0. The number of nitrogens with zero attached hydrogens (tertiary/aromatic N) is 1. The highest BCUT2D eigenvalue weighted by atomic mass is 16.5. The normalized spacial score (nSPS) is 11.1. The van der Waals surface area contributed by atoms with Gasteiger partial charge in [-0.1, -0.05) is 5.16 Å². The van der Waals surface area contributed by atoms with Gasteiger partial charge in [0.1, 0.15) is 23.9 Å². The number of nitrogens with two attached hydrogens (primary N) is 1. The van der Waals surface area contributed by atoms with Crippen LogP contribution in [-0.4, -0.2) is 30.9 Å². The van der Waals surface area contributed by atoms with Gasteiger partial charge in [0, 0.05) is 18.2 Å².